The second-order valence-electron chi connectivity index (χ2n) is 7.73. The maximum Gasteiger partial charge on any atom is 0.332 e. The van der Waals surface area contributed by atoms with Crippen LogP contribution in [-0.4, -0.2) is 25.2 Å². The molecular formula is C21H27N5O2. The smallest absolute Gasteiger partial charge is 0.312 e. The molecule has 1 aliphatic heterocycles. The van der Waals surface area contributed by atoms with E-state index < -0.39 is 0 Å². The molecule has 3 aromatic rings. The average Bonchev–Trinajstić information content (AvgIpc) is 3.08. The summed E-state index contributed by atoms with van der Waals surface area (Å²) in [6.45, 7) is 8.24. The molecule has 148 valence electrons. The Morgan fingerprint density at radius 2 is 1.82 bits per heavy atom. The number of fused-ring (bicyclic) bond motifs is 3. The third-order valence-corrected chi connectivity index (χ3v) is 5.55. The molecule has 0 bridgehead atoms. The van der Waals surface area contributed by atoms with E-state index in [1.165, 1.54) is 14.7 Å². The summed E-state index contributed by atoms with van der Waals surface area (Å²) >= 11 is 0. The SMILES string of the molecule is CCCn1c(=O)c2c(nc3n2C[C@H](C)CN3c2ccc(CC)cc2)n(C)c1=O. The van der Waals surface area contributed by atoms with Crippen molar-refractivity contribution in [3.8, 4) is 0 Å². The molecule has 4 rings (SSSR count). The van der Waals surface area contributed by atoms with Crippen LogP contribution in [-0.2, 0) is 26.6 Å². The standard InChI is InChI=1S/C21H27N5O2/c1-5-11-24-19(27)17-18(23(4)21(24)28)22-20-25(12-14(3)13-26(17)20)16-9-7-15(6-2)8-10-16/h7-10,14H,5-6,11-13H2,1-4H3/t14-/m1/s1. The molecule has 1 aromatic carbocycles. The van der Waals surface area contributed by atoms with Gasteiger partial charge in [-0.15, -0.1) is 0 Å². The lowest BCUT2D eigenvalue weighted by Crippen LogP contribution is -2.40. The zero-order valence-corrected chi connectivity index (χ0v) is 17.0. The zero-order valence-electron chi connectivity index (χ0n) is 17.0. The Morgan fingerprint density at radius 3 is 2.46 bits per heavy atom. The summed E-state index contributed by atoms with van der Waals surface area (Å²) in [7, 11) is 1.69. The number of hydrogen-bond donors (Lipinski definition) is 0. The first-order valence-corrected chi connectivity index (χ1v) is 10.0. The van der Waals surface area contributed by atoms with E-state index in [1.807, 2.05) is 11.5 Å². The normalized spacial score (nSPS) is 16.6. The first-order chi connectivity index (χ1) is 13.5. The minimum atomic E-state index is -0.304. The number of aryl methyl sites for hydroxylation is 2. The molecule has 1 atom stereocenters. The number of nitrogens with zero attached hydrogens (tertiary/aromatic N) is 5. The van der Waals surface area contributed by atoms with Gasteiger partial charge >= 0.3 is 5.69 Å². The van der Waals surface area contributed by atoms with Gasteiger partial charge in [-0.05, 0) is 36.5 Å². The quantitative estimate of drug-likeness (QED) is 0.697. The summed E-state index contributed by atoms with van der Waals surface area (Å²) < 4.78 is 4.82. The Morgan fingerprint density at radius 1 is 1.11 bits per heavy atom. The van der Waals surface area contributed by atoms with Gasteiger partial charge in [-0.1, -0.05) is 32.9 Å². The Hall–Kier alpha value is -2.83. The van der Waals surface area contributed by atoms with E-state index >= 15 is 0 Å². The van der Waals surface area contributed by atoms with Gasteiger partial charge in [0.15, 0.2) is 11.2 Å². The minimum absolute atomic E-state index is 0.242. The molecule has 28 heavy (non-hydrogen) atoms. The monoisotopic (exact) mass is 381 g/mol. The van der Waals surface area contributed by atoms with Crippen LogP contribution in [0.5, 0.6) is 0 Å². The highest BCUT2D eigenvalue weighted by molar-refractivity contribution is 5.77. The number of aromatic nitrogens is 4. The van der Waals surface area contributed by atoms with Crippen LogP contribution in [0.1, 0.15) is 32.8 Å². The van der Waals surface area contributed by atoms with Gasteiger partial charge in [-0.25, -0.2) is 4.79 Å². The van der Waals surface area contributed by atoms with Gasteiger partial charge in [0, 0.05) is 32.4 Å². The van der Waals surface area contributed by atoms with Crippen molar-refractivity contribution in [1.29, 1.82) is 0 Å². The van der Waals surface area contributed by atoms with E-state index in [4.69, 9.17) is 4.98 Å². The highest BCUT2D eigenvalue weighted by atomic mass is 16.2. The predicted octanol–water partition coefficient (Wildman–Crippen LogP) is 2.66. The molecule has 0 fully saturated rings. The van der Waals surface area contributed by atoms with Crippen molar-refractivity contribution in [2.45, 2.75) is 46.7 Å². The summed E-state index contributed by atoms with van der Waals surface area (Å²) in [5.74, 6) is 1.09. The molecule has 7 heteroatoms. The van der Waals surface area contributed by atoms with Crippen molar-refractivity contribution >= 4 is 22.8 Å². The van der Waals surface area contributed by atoms with E-state index in [9.17, 15) is 9.59 Å². The molecule has 0 aliphatic carbocycles. The summed E-state index contributed by atoms with van der Waals surface area (Å²) in [6.07, 6.45) is 1.72. The van der Waals surface area contributed by atoms with Crippen molar-refractivity contribution < 1.29 is 0 Å². The third kappa shape index (κ3) is 2.77. The maximum absolute atomic E-state index is 13.1. The highest BCUT2D eigenvalue weighted by Gasteiger charge is 2.29. The summed E-state index contributed by atoms with van der Waals surface area (Å²) in [4.78, 5) is 32.7. The van der Waals surface area contributed by atoms with E-state index in [0.717, 1.165) is 37.6 Å². The van der Waals surface area contributed by atoms with Crippen LogP contribution in [0.4, 0.5) is 11.6 Å². The molecule has 7 nitrogen and oxygen atoms in total. The molecule has 0 N–H and O–H groups in total. The van der Waals surface area contributed by atoms with Crippen LogP contribution in [0.25, 0.3) is 11.2 Å². The minimum Gasteiger partial charge on any atom is -0.312 e. The molecule has 0 saturated carbocycles. The largest absolute Gasteiger partial charge is 0.332 e. The second-order valence-corrected chi connectivity index (χ2v) is 7.73. The van der Waals surface area contributed by atoms with Gasteiger partial charge < -0.3 is 9.47 Å². The van der Waals surface area contributed by atoms with Crippen LogP contribution >= 0.6 is 0 Å². The summed E-state index contributed by atoms with van der Waals surface area (Å²) in [5.41, 5.74) is 2.77. The molecule has 0 saturated heterocycles. The van der Waals surface area contributed by atoms with Gasteiger partial charge in [0.05, 0.1) is 0 Å². The molecule has 2 aromatic heterocycles. The van der Waals surface area contributed by atoms with Crippen molar-refractivity contribution in [3.63, 3.8) is 0 Å². The van der Waals surface area contributed by atoms with E-state index in [1.54, 1.807) is 7.05 Å². The lowest BCUT2D eigenvalue weighted by molar-refractivity contribution is 0.457. The first-order valence-electron chi connectivity index (χ1n) is 10.0. The molecule has 0 radical (unpaired) electrons. The number of benzene rings is 1. The van der Waals surface area contributed by atoms with Crippen LogP contribution in [0.15, 0.2) is 33.9 Å². The van der Waals surface area contributed by atoms with Gasteiger partial charge in [0.1, 0.15) is 0 Å². The molecule has 1 aliphatic rings. The third-order valence-electron chi connectivity index (χ3n) is 5.55. The van der Waals surface area contributed by atoms with Crippen molar-refractivity contribution in [2.24, 2.45) is 13.0 Å². The fourth-order valence-corrected chi connectivity index (χ4v) is 4.06. The zero-order chi connectivity index (χ0) is 20.0. The lowest BCUT2D eigenvalue weighted by atomic mass is 10.1. The lowest BCUT2D eigenvalue weighted by Gasteiger charge is -2.33. The molecule has 3 heterocycles. The Kier molecular flexibility index (Phi) is 4.61. The van der Waals surface area contributed by atoms with Crippen LogP contribution in [0.3, 0.4) is 0 Å². The predicted molar refractivity (Wildman–Crippen MR) is 112 cm³/mol. The van der Waals surface area contributed by atoms with Crippen LogP contribution in [0.2, 0.25) is 0 Å². The molecular weight excluding hydrogens is 354 g/mol. The highest BCUT2D eigenvalue weighted by Crippen LogP contribution is 2.32. The van der Waals surface area contributed by atoms with Crippen molar-refractivity contribution in [3.05, 3.63) is 50.7 Å². The van der Waals surface area contributed by atoms with Gasteiger partial charge in [0.2, 0.25) is 5.95 Å². The van der Waals surface area contributed by atoms with Crippen molar-refractivity contribution in [2.75, 3.05) is 11.4 Å². The fraction of sp³-hybridized carbons (Fsp3) is 0.476. The van der Waals surface area contributed by atoms with E-state index in [2.05, 4.69) is 43.0 Å². The fourth-order valence-electron chi connectivity index (χ4n) is 4.06. The Labute approximate surface area is 163 Å². The van der Waals surface area contributed by atoms with Gasteiger partial charge in [-0.3, -0.25) is 13.9 Å². The van der Waals surface area contributed by atoms with Crippen molar-refractivity contribution in [1.82, 2.24) is 18.7 Å². The molecule has 0 unspecified atom stereocenters. The molecule has 0 amide bonds. The Bertz CT molecular complexity index is 1140. The van der Waals surface area contributed by atoms with Crippen LogP contribution in [0, 0.1) is 5.92 Å². The second kappa shape index (κ2) is 6.96. The number of imidazole rings is 1. The maximum atomic E-state index is 13.1. The first kappa shape index (κ1) is 18.5. The Balaban J connectivity index is 1.96. The van der Waals surface area contributed by atoms with Gasteiger partial charge in [-0.2, -0.15) is 4.98 Å². The average molecular weight is 381 g/mol. The number of anilines is 2. The van der Waals surface area contributed by atoms with Gasteiger partial charge in [0.25, 0.3) is 5.56 Å². The number of rotatable bonds is 4. The van der Waals surface area contributed by atoms with E-state index in [-0.39, 0.29) is 11.2 Å². The number of hydrogen-bond acceptors (Lipinski definition) is 4. The topological polar surface area (TPSA) is 65.1 Å². The summed E-state index contributed by atoms with van der Waals surface area (Å²) in [6, 6.07) is 8.47. The van der Waals surface area contributed by atoms with Crippen LogP contribution < -0.4 is 16.1 Å². The molecule has 0 spiro atoms. The van der Waals surface area contributed by atoms with E-state index in [0.29, 0.717) is 23.6 Å². The summed E-state index contributed by atoms with van der Waals surface area (Å²) in [5, 5.41) is 0.